The van der Waals surface area contributed by atoms with E-state index in [1.54, 1.807) is 30.7 Å². The second kappa shape index (κ2) is 14.5. The SMILES string of the molecule is CC1(C)[C@H](NC(=O)c2cnc(N3CCC(CN4CCN(c5ccc6c(c5)C(=O)N(C5CCC(=O)NC5=O)C6O)CC4)CC3)nc2)C2(C)c3ccnc4c(C#N)ccc(c34)O[C@@H]12. The number of amides is 4. The number of benzene rings is 2. The first-order valence-corrected chi connectivity index (χ1v) is 21.2. The maximum Gasteiger partial charge on any atom is 0.257 e. The van der Waals surface area contributed by atoms with E-state index in [0.717, 1.165) is 75.3 Å². The molecule has 10 rings (SSSR count). The molecular weight excluding hydrogens is 777 g/mol. The smallest absolute Gasteiger partial charge is 0.257 e. The van der Waals surface area contributed by atoms with Crippen LogP contribution in [0.25, 0.3) is 10.9 Å². The molecule has 4 fully saturated rings. The predicted octanol–water partition coefficient (Wildman–Crippen LogP) is 3.04. The number of nitrogens with zero attached hydrogens (tertiary/aromatic N) is 8. The van der Waals surface area contributed by atoms with Crippen LogP contribution in [0.1, 0.15) is 90.1 Å². The molecular formula is C45H48N10O6. The Morgan fingerprint density at radius 3 is 2.44 bits per heavy atom. The van der Waals surface area contributed by atoms with Crippen LogP contribution in [-0.2, 0) is 15.0 Å². The molecule has 3 unspecified atom stereocenters. The quantitative estimate of drug-likeness (QED) is 0.230. The molecule has 314 valence electrons. The number of rotatable bonds is 7. The van der Waals surface area contributed by atoms with Crippen LogP contribution in [0.2, 0.25) is 0 Å². The average Bonchev–Trinajstić information content (AvgIpc) is 3.52. The number of nitrogens with one attached hydrogen (secondary N) is 2. The summed E-state index contributed by atoms with van der Waals surface area (Å²) in [6.45, 7) is 12.3. The van der Waals surface area contributed by atoms with Gasteiger partial charge in [0.15, 0.2) is 6.23 Å². The van der Waals surface area contributed by atoms with Gasteiger partial charge in [0.25, 0.3) is 11.8 Å². The number of piperazine rings is 1. The molecule has 4 aromatic rings. The summed E-state index contributed by atoms with van der Waals surface area (Å²) in [4.78, 5) is 73.3. The van der Waals surface area contributed by atoms with Gasteiger partial charge in [-0.05, 0) is 68.0 Å². The second-order valence-corrected chi connectivity index (χ2v) is 18.1. The minimum Gasteiger partial charge on any atom is -0.488 e. The summed E-state index contributed by atoms with van der Waals surface area (Å²) >= 11 is 0. The Labute approximate surface area is 352 Å². The monoisotopic (exact) mass is 824 g/mol. The summed E-state index contributed by atoms with van der Waals surface area (Å²) in [5.41, 5.74) is 3.36. The third-order valence-corrected chi connectivity index (χ3v) is 14.3. The lowest BCUT2D eigenvalue weighted by atomic mass is 9.45. The second-order valence-electron chi connectivity index (χ2n) is 18.1. The topological polar surface area (TPSA) is 197 Å². The lowest BCUT2D eigenvalue weighted by Gasteiger charge is -2.66. The Morgan fingerprint density at radius 1 is 0.967 bits per heavy atom. The average molecular weight is 825 g/mol. The van der Waals surface area contributed by atoms with Crippen LogP contribution in [0.5, 0.6) is 5.75 Å². The van der Waals surface area contributed by atoms with E-state index in [2.05, 4.69) is 67.1 Å². The number of nitriles is 1. The number of ether oxygens (including phenoxy) is 1. The van der Waals surface area contributed by atoms with Gasteiger partial charge in [-0.2, -0.15) is 5.26 Å². The summed E-state index contributed by atoms with van der Waals surface area (Å²) in [6.07, 6.45) is 5.86. The summed E-state index contributed by atoms with van der Waals surface area (Å²) in [6, 6.07) is 12.2. The van der Waals surface area contributed by atoms with Crippen molar-refractivity contribution in [1.82, 2.24) is 35.4 Å². The van der Waals surface area contributed by atoms with Gasteiger partial charge in [-0.25, -0.2) is 9.97 Å². The van der Waals surface area contributed by atoms with Gasteiger partial charge in [0.05, 0.1) is 28.1 Å². The Bertz CT molecular complexity index is 2530. The minimum absolute atomic E-state index is 0.125. The van der Waals surface area contributed by atoms with E-state index in [0.29, 0.717) is 45.4 Å². The van der Waals surface area contributed by atoms with Gasteiger partial charge in [0.1, 0.15) is 24.0 Å². The Balaban J connectivity index is 0.718. The highest BCUT2D eigenvalue weighted by atomic mass is 16.5. The number of imide groups is 1. The number of carbonyl (C=O) groups is 4. The zero-order chi connectivity index (χ0) is 42.4. The predicted molar refractivity (Wildman–Crippen MR) is 223 cm³/mol. The Hall–Kier alpha value is -6.18. The van der Waals surface area contributed by atoms with Gasteiger partial charge in [-0.1, -0.05) is 19.9 Å². The molecule has 3 saturated heterocycles. The highest BCUT2D eigenvalue weighted by Crippen LogP contribution is 2.61. The van der Waals surface area contributed by atoms with Gasteiger partial charge in [0.2, 0.25) is 17.8 Å². The number of carbonyl (C=O) groups excluding carboxylic acids is 4. The van der Waals surface area contributed by atoms with Crippen LogP contribution in [-0.4, -0.2) is 117 Å². The molecule has 6 aliphatic rings. The zero-order valence-corrected chi connectivity index (χ0v) is 34.4. The van der Waals surface area contributed by atoms with E-state index in [1.165, 1.54) is 4.90 Å². The molecule has 1 aliphatic carbocycles. The number of aromatic nitrogens is 3. The van der Waals surface area contributed by atoms with Gasteiger partial charge >= 0.3 is 0 Å². The molecule has 0 spiro atoms. The van der Waals surface area contributed by atoms with Crippen LogP contribution in [0, 0.1) is 22.7 Å². The number of pyridine rings is 1. The first kappa shape index (κ1) is 39.0. The number of hydrogen-bond acceptors (Lipinski definition) is 13. The largest absolute Gasteiger partial charge is 0.488 e. The van der Waals surface area contributed by atoms with Crippen molar-refractivity contribution in [2.24, 2.45) is 11.3 Å². The molecule has 2 aromatic carbocycles. The fourth-order valence-electron chi connectivity index (χ4n) is 11.2. The van der Waals surface area contributed by atoms with Gasteiger partial charge in [0, 0.05) is 98.4 Å². The lowest BCUT2D eigenvalue weighted by Crippen LogP contribution is -2.78. The molecule has 3 N–H and O–H groups in total. The fraction of sp³-hybridized carbons (Fsp3) is 0.467. The molecule has 7 heterocycles. The van der Waals surface area contributed by atoms with Crippen molar-refractivity contribution in [2.45, 2.75) is 76.3 Å². The van der Waals surface area contributed by atoms with Crippen LogP contribution in [0.3, 0.4) is 0 Å². The summed E-state index contributed by atoms with van der Waals surface area (Å²) in [7, 11) is 0. The highest BCUT2D eigenvalue weighted by molar-refractivity contribution is 6.06. The van der Waals surface area contributed by atoms with E-state index < -0.39 is 29.5 Å². The van der Waals surface area contributed by atoms with Crippen LogP contribution in [0.4, 0.5) is 11.6 Å². The summed E-state index contributed by atoms with van der Waals surface area (Å²) in [5, 5.41) is 27.1. The van der Waals surface area contributed by atoms with Gasteiger partial charge < -0.3 is 25.0 Å². The molecule has 61 heavy (non-hydrogen) atoms. The van der Waals surface area contributed by atoms with Crippen LogP contribution < -0.4 is 25.2 Å². The number of aliphatic hydroxyl groups excluding tert-OH is 1. The van der Waals surface area contributed by atoms with E-state index in [-0.39, 0.29) is 42.2 Å². The van der Waals surface area contributed by atoms with E-state index in [1.807, 2.05) is 24.3 Å². The van der Waals surface area contributed by atoms with Crippen molar-refractivity contribution in [3.8, 4) is 11.8 Å². The molecule has 2 aromatic heterocycles. The zero-order valence-electron chi connectivity index (χ0n) is 34.4. The van der Waals surface area contributed by atoms with Crippen molar-refractivity contribution in [3.63, 3.8) is 0 Å². The van der Waals surface area contributed by atoms with Crippen molar-refractivity contribution in [3.05, 3.63) is 82.8 Å². The third kappa shape index (κ3) is 6.19. The molecule has 1 saturated carbocycles. The summed E-state index contributed by atoms with van der Waals surface area (Å²) < 4.78 is 6.56. The van der Waals surface area contributed by atoms with Crippen molar-refractivity contribution >= 4 is 46.2 Å². The molecule has 0 radical (unpaired) electrons. The number of piperidine rings is 2. The van der Waals surface area contributed by atoms with Crippen molar-refractivity contribution in [2.75, 3.05) is 55.6 Å². The Morgan fingerprint density at radius 2 is 1.72 bits per heavy atom. The minimum atomic E-state index is -1.23. The van der Waals surface area contributed by atoms with Crippen molar-refractivity contribution < 1.29 is 29.0 Å². The molecule has 4 amide bonds. The van der Waals surface area contributed by atoms with Crippen LogP contribution in [0.15, 0.2) is 55.0 Å². The summed E-state index contributed by atoms with van der Waals surface area (Å²) in [5.74, 6) is 0.297. The first-order valence-electron chi connectivity index (χ1n) is 21.2. The first-order chi connectivity index (χ1) is 29.4. The standard InChI is InChI=1S/C45H48N10O6/c1-44(2)41(45(3)31-10-13-47-36-26(21-46)4-8-33(35(31)36)61-42(44)45)51-37(57)27-22-48-43(49-23-27)54-14-11-25(12-15-54)24-52-16-18-53(19-17-52)28-5-6-29-30(20-28)40(60)55(39(29)59)32-7-9-34(56)50-38(32)58/h4-6,8,10,13,20,22-23,25,32,39,41-42,59H,7,9,11-12,14-19,24H2,1-3H3,(H,51,57)(H,50,56,58)/t32?,39?,41-,42-,45?/m0/s1. The molecule has 0 bridgehead atoms. The molecule has 5 aliphatic heterocycles. The maximum atomic E-state index is 13.8. The molecule has 16 heteroatoms. The van der Waals surface area contributed by atoms with Crippen molar-refractivity contribution in [1.29, 1.82) is 5.26 Å². The Kier molecular flexibility index (Phi) is 9.26. The molecule has 5 atom stereocenters. The highest BCUT2D eigenvalue weighted by Gasteiger charge is 2.69. The van der Waals surface area contributed by atoms with E-state index >= 15 is 0 Å². The van der Waals surface area contributed by atoms with Crippen LogP contribution >= 0.6 is 0 Å². The van der Waals surface area contributed by atoms with E-state index in [9.17, 15) is 29.5 Å². The third-order valence-electron chi connectivity index (χ3n) is 14.3. The number of hydrogen-bond donors (Lipinski definition) is 3. The normalized spacial score (nSPS) is 27.1. The van der Waals surface area contributed by atoms with Gasteiger partial charge in [-0.15, -0.1) is 0 Å². The maximum absolute atomic E-state index is 13.8. The number of anilines is 2. The number of aliphatic hydroxyl groups is 1. The van der Waals surface area contributed by atoms with Gasteiger partial charge in [-0.3, -0.25) is 39.3 Å². The fourth-order valence-corrected chi connectivity index (χ4v) is 11.2. The lowest BCUT2D eigenvalue weighted by molar-refractivity contribution is -0.139. The molecule has 16 nitrogen and oxygen atoms in total. The van der Waals surface area contributed by atoms with E-state index in [4.69, 9.17) is 4.74 Å². The number of fused-ring (bicyclic) bond motifs is 3.